The lowest BCUT2D eigenvalue weighted by atomic mass is 9.84. The molecule has 47 heavy (non-hydrogen) atoms. The first-order chi connectivity index (χ1) is 22.7. The topological polar surface area (TPSA) is 111 Å². The second kappa shape index (κ2) is 15.0. The fraction of sp³-hybridized carbons (Fsp3) is 0.472. The highest BCUT2D eigenvalue weighted by Gasteiger charge is 2.48. The summed E-state index contributed by atoms with van der Waals surface area (Å²) >= 11 is 0. The van der Waals surface area contributed by atoms with E-state index in [9.17, 15) is 23.9 Å². The van der Waals surface area contributed by atoms with Crippen molar-refractivity contribution in [1.29, 1.82) is 0 Å². The van der Waals surface area contributed by atoms with E-state index in [1.54, 1.807) is 59.0 Å². The van der Waals surface area contributed by atoms with Crippen LogP contribution in [0.2, 0.25) is 0 Å². The second-order valence-corrected chi connectivity index (χ2v) is 12.4. The minimum Gasteiger partial charge on any atom is -0.493 e. The Kier molecular flexibility index (Phi) is 10.9. The summed E-state index contributed by atoms with van der Waals surface area (Å²) in [4.78, 5) is 43.8. The Hall–Kier alpha value is -4.38. The highest BCUT2D eigenvalue weighted by atomic mass is 19.1. The summed E-state index contributed by atoms with van der Waals surface area (Å²) < 4.78 is 32.7. The van der Waals surface area contributed by atoms with Gasteiger partial charge in [-0.05, 0) is 73.7 Å². The van der Waals surface area contributed by atoms with E-state index in [-0.39, 0.29) is 49.8 Å². The maximum absolute atomic E-state index is 14.5. The lowest BCUT2D eigenvalue weighted by Gasteiger charge is -2.35. The third-order valence-corrected chi connectivity index (χ3v) is 9.34. The number of amides is 1. The molecule has 10 nitrogen and oxygen atoms in total. The van der Waals surface area contributed by atoms with Gasteiger partial charge in [-0.3, -0.25) is 19.3 Å². The van der Waals surface area contributed by atoms with E-state index >= 15 is 0 Å². The number of rotatable bonds is 14. The highest BCUT2D eigenvalue weighted by molar-refractivity contribution is 5.95. The fourth-order valence-electron chi connectivity index (χ4n) is 7.13. The van der Waals surface area contributed by atoms with Crippen LogP contribution in [0, 0.1) is 18.7 Å². The number of anilines is 1. The number of nitrogens with zero attached hydrogens (tertiary/aromatic N) is 3. The summed E-state index contributed by atoms with van der Waals surface area (Å²) in [6, 6.07) is 12.5. The van der Waals surface area contributed by atoms with Crippen LogP contribution in [-0.4, -0.2) is 65.5 Å². The lowest BCUT2D eigenvalue weighted by molar-refractivity contribution is -0.143. The first-order valence-electron chi connectivity index (χ1n) is 16.3. The number of carbonyl (C=O) groups excluding carboxylic acids is 1. The number of hydrogen-bond donors (Lipinski definition) is 1. The average Bonchev–Trinajstić information content (AvgIpc) is 3.67. The molecule has 1 saturated heterocycles. The summed E-state index contributed by atoms with van der Waals surface area (Å²) in [6.45, 7) is 6.38. The molecule has 1 fully saturated rings. The van der Waals surface area contributed by atoms with E-state index < -0.39 is 23.8 Å². The standard InChI is InChI=1S/C36H44FN3O7/c1-5-9-25(10-6-2)40(26-12-13-28(37)23(3)17-26)33(42)21-39-20-27(24-18-30(45-4)35-31(19-24)46-22-47-35)34(36(43)44)29(39)14-16-38-15-8-7-11-32(38)41/h7-8,11-13,15,17-19,25,27,29,34H,5-6,9-10,14,16,20-22H2,1-4H3,(H,43,44). The van der Waals surface area contributed by atoms with Gasteiger partial charge in [0.25, 0.3) is 0 Å². The molecule has 11 heteroatoms. The van der Waals surface area contributed by atoms with Gasteiger partial charge in [0.05, 0.1) is 19.6 Å². The Labute approximate surface area is 274 Å². The first-order valence-corrected chi connectivity index (χ1v) is 16.3. The van der Waals surface area contributed by atoms with Crippen LogP contribution in [0.3, 0.4) is 0 Å². The van der Waals surface area contributed by atoms with Crippen molar-refractivity contribution in [2.75, 3.05) is 31.9 Å². The largest absolute Gasteiger partial charge is 0.493 e. The van der Waals surface area contributed by atoms with Gasteiger partial charge in [0, 0.05) is 49.0 Å². The van der Waals surface area contributed by atoms with Crippen molar-refractivity contribution in [2.45, 2.75) is 77.4 Å². The van der Waals surface area contributed by atoms with Gasteiger partial charge in [-0.1, -0.05) is 32.8 Å². The van der Waals surface area contributed by atoms with Gasteiger partial charge in [-0.2, -0.15) is 0 Å². The number of fused-ring (bicyclic) bond motifs is 1. The predicted octanol–water partition coefficient (Wildman–Crippen LogP) is 5.59. The van der Waals surface area contributed by atoms with Crippen LogP contribution in [0.1, 0.15) is 63.0 Å². The van der Waals surface area contributed by atoms with E-state index in [1.165, 1.54) is 19.2 Å². The number of halogens is 1. The summed E-state index contributed by atoms with van der Waals surface area (Å²) in [5, 5.41) is 10.7. The zero-order valence-corrected chi connectivity index (χ0v) is 27.5. The van der Waals surface area contributed by atoms with Crippen molar-refractivity contribution >= 4 is 17.6 Å². The Balaban J connectivity index is 1.53. The van der Waals surface area contributed by atoms with Crippen LogP contribution in [0.25, 0.3) is 0 Å². The number of carboxylic acid groups (broad SMARTS) is 1. The Morgan fingerprint density at radius 2 is 1.87 bits per heavy atom. The van der Waals surface area contributed by atoms with Gasteiger partial charge in [0.1, 0.15) is 5.82 Å². The average molecular weight is 650 g/mol. The zero-order chi connectivity index (χ0) is 33.7. The molecule has 1 aromatic heterocycles. The van der Waals surface area contributed by atoms with Crippen LogP contribution >= 0.6 is 0 Å². The van der Waals surface area contributed by atoms with Crippen LogP contribution in [0.5, 0.6) is 17.2 Å². The van der Waals surface area contributed by atoms with Gasteiger partial charge in [-0.25, -0.2) is 4.39 Å². The minimum absolute atomic E-state index is 0.0344. The fourth-order valence-corrected chi connectivity index (χ4v) is 7.13. The molecular weight excluding hydrogens is 605 g/mol. The quantitative estimate of drug-likeness (QED) is 0.241. The van der Waals surface area contributed by atoms with Crippen molar-refractivity contribution in [2.24, 2.45) is 5.92 Å². The summed E-state index contributed by atoms with van der Waals surface area (Å²) in [5.41, 5.74) is 1.59. The number of ether oxygens (including phenoxy) is 3. The Morgan fingerprint density at radius 1 is 1.11 bits per heavy atom. The van der Waals surface area contributed by atoms with Crippen molar-refractivity contribution < 1.29 is 33.3 Å². The molecule has 1 N–H and O–H groups in total. The Morgan fingerprint density at radius 3 is 2.53 bits per heavy atom. The minimum atomic E-state index is -0.993. The Bertz CT molecular complexity index is 1640. The van der Waals surface area contributed by atoms with Crippen LogP contribution in [-0.2, 0) is 16.1 Å². The van der Waals surface area contributed by atoms with E-state index in [2.05, 4.69) is 13.8 Å². The number of carbonyl (C=O) groups is 2. The third-order valence-electron chi connectivity index (χ3n) is 9.34. The number of benzene rings is 2. The molecule has 2 aliphatic rings. The second-order valence-electron chi connectivity index (χ2n) is 12.4. The van der Waals surface area contributed by atoms with Gasteiger partial charge in [0.2, 0.25) is 24.0 Å². The molecule has 0 aliphatic carbocycles. The van der Waals surface area contributed by atoms with Gasteiger partial charge in [-0.15, -0.1) is 0 Å². The van der Waals surface area contributed by atoms with Crippen LogP contribution in [0.4, 0.5) is 10.1 Å². The van der Waals surface area contributed by atoms with E-state index in [4.69, 9.17) is 14.2 Å². The number of aryl methyl sites for hydroxylation is 2. The number of methoxy groups -OCH3 is 1. The van der Waals surface area contributed by atoms with Crippen molar-refractivity contribution in [3.8, 4) is 17.2 Å². The number of hydrogen-bond acceptors (Lipinski definition) is 7. The van der Waals surface area contributed by atoms with Crippen molar-refractivity contribution in [1.82, 2.24) is 9.47 Å². The molecule has 1 amide bonds. The molecule has 0 bridgehead atoms. The van der Waals surface area contributed by atoms with E-state index in [1.807, 2.05) is 4.90 Å². The third kappa shape index (κ3) is 7.30. The molecule has 2 aromatic carbocycles. The number of carboxylic acids is 1. The monoisotopic (exact) mass is 649 g/mol. The number of aromatic nitrogens is 1. The molecule has 252 valence electrons. The molecule has 3 heterocycles. The molecule has 3 unspecified atom stereocenters. The highest BCUT2D eigenvalue weighted by Crippen LogP contribution is 2.47. The first kappa shape index (κ1) is 34.0. The SMILES string of the molecule is CCCC(CCC)N(C(=O)CN1CC(c2cc(OC)c3c(c2)OCO3)C(C(=O)O)C1CCn1ccccc1=O)c1ccc(F)c(C)c1. The number of pyridine rings is 1. The molecule has 2 aliphatic heterocycles. The molecule has 5 rings (SSSR count). The van der Waals surface area contributed by atoms with Gasteiger partial charge < -0.3 is 28.8 Å². The molecular formula is C36H44FN3O7. The molecule has 3 atom stereocenters. The summed E-state index contributed by atoms with van der Waals surface area (Å²) in [6.07, 6.45) is 5.28. The summed E-state index contributed by atoms with van der Waals surface area (Å²) in [7, 11) is 1.52. The van der Waals surface area contributed by atoms with Crippen molar-refractivity contribution in [3.05, 3.63) is 82.0 Å². The maximum Gasteiger partial charge on any atom is 0.308 e. The summed E-state index contributed by atoms with van der Waals surface area (Å²) in [5.74, 6) is -1.53. The van der Waals surface area contributed by atoms with E-state index in [0.717, 1.165) is 25.7 Å². The van der Waals surface area contributed by atoms with Crippen LogP contribution in [0.15, 0.2) is 59.5 Å². The lowest BCUT2D eigenvalue weighted by Crippen LogP contribution is -2.48. The molecule has 0 saturated carbocycles. The van der Waals surface area contributed by atoms with Gasteiger partial charge >= 0.3 is 5.97 Å². The predicted molar refractivity (Wildman–Crippen MR) is 176 cm³/mol. The van der Waals surface area contributed by atoms with Gasteiger partial charge in [0.15, 0.2) is 11.5 Å². The smallest absolute Gasteiger partial charge is 0.308 e. The molecule has 3 aromatic rings. The normalized spacial score (nSPS) is 18.9. The van der Waals surface area contributed by atoms with E-state index in [0.29, 0.717) is 40.5 Å². The molecule has 0 radical (unpaired) electrons. The van der Waals surface area contributed by atoms with Crippen LogP contribution < -0.4 is 24.7 Å². The maximum atomic E-state index is 14.5. The van der Waals surface area contributed by atoms with Crippen molar-refractivity contribution in [3.63, 3.8) is 0 Å². The molecule has 0 spiro atoms. The zero-order valence-electron chi connectivity index (χ0n) is 27.5. The number of likely N-dealkylation sites (tertiary alicyclic amines) is 1. The number of aliphatic carboxylic acids is 1.